The van der Waals surface area contributed by atoms with Crippen LogP contribution >= 0.6 is 0 Å². The van der Waals surface area contributed by atoms with Gasteiger partial charge in [-0.15, -0.1) is 0 Å². The molecule has 0 atom stereocenters. The number of hydrazone groups is 1. The molecule has 3 aromatic carbocycles. The Morgan fingerprint density at radius 1 is 1.03 bits per heavy atom. The van der Waals surface area contributed by atoms with Gasteiger partial charge in [0.05, 0.1) is 31.0 Å². The number of aryl methyl sites for hydroxylation is 1. The summed E-state index contributed by atoms with van der Waals surface area (Å²) in [5.41, 5.74) is 4.13. The number of sulfonamides is 1. The SMILES string of the molecule is COc1ccc(N(CC(=O)N/N=C\c2ccc(OCC#N)cc2)S(=O)(=O)c2ccc(C)cc2)cc1OC. The molecular weight excluding hydrogens is 496 g/mol. The van der Waals surface area contributed by atoms with Gasteiger partial charge < -0.3 is 14.2 Å². The minimum Gasteiger partial charge on any atom is -0.493 e. The van der Waals surface area contributed by atoms with Crippen molar-refractivity contribution < 1.29 is 27.4 Å². The van der Waals surface area contributed by atoms with E-state index in [2.05, 4.69) is 10.5 Å². The number of nitrogens with one attached hydrogen (secondary N) is 1. The maximum absolute atomic E-state index is 13.5. The zero-order valence-electron chi connectivity index (χ0n) is 20.5. The predicted molar refractivity (Wildman–Crippen MR) is 139 cm³/mol. The van der Waals surface area contributed by atoms with E-state index in [9.17, 15) is 13.2 Å². The van der Waals surface area contributed by atoms with Crippen molar-refractivity contribution in [3.63, 3.8) is 0 Å². The molecule has 0 aliphatic heterocycles. The Morgan fingerprint density at radius 3 is 2.32 bits per heavy atom. The molecule has 11 heteroatoms. The minimum absolute atomic E-state index is 0.0305. The number of hydrogen-bond acceptors (Lipinski definition) is 8. The number of anilines is 1. The van der Waals surface area contributed by atoms with Crippen LogP contribution in [0.5, 0.6) is 17.2 Å². The fourth-order valence-corrected chi connectivity index (χ4v) is 4.66. The van der Waals surface area contributed by atoms with Gasteiger partial charge in [0.1, 0.15) is 18.4 Å². The highest BCUT2D eigenvalue weighted by atomic mass is 32.2. The number of amides is 1. The molecule has 1 amide bonds. The summed E-state index contributed by atoms with van der Waals surface area (Å²) < 4.78 is 43.8. The summed E-state index contributed by atoms with van der Waals surface area (Å²) in [6.07, 6.45) is 1.40. The van der Waals surface area contributed by atoms with Crippen molar-refractivity contribution in [2.75, 3.05) is 31.7 Å². The van der Waals surface area contributed by atoms with Crippen LogP contribution in [0.25, 0.3) is 0 Å². The number of methoxy groups -OCH3 is 2. The smallest absolute Gasteiger partial charge is 0.264 e. The zero-order chi connectivity index (χ0) is 26.8. The van der Waals surface area contributed by atoms with Gasteiger partial charge in [0.15, 0.2) is 18.1 Å². The van der Waals surface area contributed by atoms with Crippen LogP contribution in [0, 0.1) is 18.3 Å². The number of carbonyl (C=O) groups is 1. The molecule has 3 aromatic rings. The first-order valence-corrected chi connectivity index (χ1v) is 12.5. The normalized spacial score (nSPS) is 11.0. The molecule has 0 radical (unpaired) electrons. The fourth-order valence-electron chi connectivity index (χ4n) is 3.24. The number of benzene rings is 3. The van der Waals surface area contributed by atoms with E-state index >= 15 is 0 Å². The lowest BCUT2D eigenvalue weighted by molar-refractivity contribution is -0.119. The zero-order valence-corrected chi connectivity index (χ0v) is 21.4. The molecule has 0 aliphatic carbocycles. The second-order valence-electron chi connectivity index (χ2n) is 7.67. The Labute approximate surface area is 215 Å². The number of nitrogens with zero attached hydrogens (tertiary/aromatic N) is 3. The van der Waals surface area contributed by atoms with Gasteiger partial charge >= 0.3 is 0 Å². The summed E-state index contributed by atoms with van der Waals surface area (Å²) in [7, 11) is -1.21. The lowest BCUT2D eigenvalue weighted by Crippen LogP contribution is -2.39. The van der Waals surface area contributed by atoms with Crippen molar-refractivity contribution in [2.24, 2.45) is 5.10 Å². The van der Waals surface area contributed by atoms with Gasteiger partial charge in [-0.3, -0.25) is 9.10 Å². The molecule has 0 aromatic heterocycles. The molecule has 0 saturated heterocycles. The third-order valence-corrected chi connectivity index (χ3v) is 6.93. The average Bonchev–Trinajstić information content (AvgIpc) is 2.91. The van der Waals surface area contributed by atoms with Gasteiger partial charge in [-0.1, -0.05) is 17.7 Å². The molecule has 10 nitrogen and oxygen atoms in total. The molecule has 0 heterocycles. The molecule has 0 aliphatic rings. The van der Waals surface area contributed by atoms with Crippen molar-refractivity contribution in [1.29, 1.82) is 5.26 Å². The highest BCUT2D eigenvalue weighted by molar-refractivity contribution is 7.92. The second kappa shape index (κ2) is 12.4. The van der Waals surface area contributed by atoms with E-state index < -0.39 is 22.5 Å². The van der Waals surface area contributed by atoms with Gasteiger partial charge in [-0.2, -0.15) is 10.4 Å². The summed E-state index contributed by atoms with van der Waals surface area (Å²) in [4.78, 5) is 12.8. The first-order valence-electron chi connectivity index (χ1n) is 11.0. The molecule has 1 N–H and O–H groups in total. The van der Waals surface area contributed by atoms with Crippen molar-refractivity contribution >= 4 is 27.8 Å². The van der Waals surface area contributed by atoms with Crippen LogP contribution in [-0.4, -0.2) is 47.9 Å². The maximum atomic E-state index is 13.5. The van der Waals surface area contributed by atoms with Gasteiger partial charge in [-0.25, -0.2) is 13.8 Å². The van der Waals surface area contributed by atoms with Gasteiger partial charge in [-0.05, 0) is 61.0 Å². The summed E-state index contributed by atoms with van der Waals surface area (Å²) in [6, 6.07) is 19.5. The number of nitriles is 1. The van der Waals surface area contributed by atoms with E-state index in [4.69, 9.17) is 19.5 Å². The molecule has 0 fully saturated rings. The number of carbonyl (C=O) groups excluding carboxylic acids is 1. The molecule has 192 valence electrons. The van der Waals surface area contributed by atoms with Crippen LogP contribution in [0.3, 0.4) is 0 Å². The highest BCUT2D eigenvalue weighted by Crippen LogP contribution is 2.33. The van der Waals surface area contributed by atoms with Crippen LogP contribution in [0.15, 0.2) is 76.7 Å². The summed E-state index contributed by atoms with van der Waals surface area (Å²) in [6.45, 7) is 1.25. The summed E-state index contributed by atoms with van der Waals surface area (Å²) in [5, 5.41) is 12.5. The van der Waals surface area contributed by atoms with Gasteiger partial charge in [0.2, 0.25) is 0 Å². The number of rotatable bonds is 11. The molecule has 0 spiro atoms. The Morgan fingerprint density at radius 2 is 1.70 bits per heavy atom. The quantitative estimate of drug-likeness (QED) is 0.302. The van der Waals surface area contributed by atoms with E-state index in [1.54, 1.807) is 42.5 Å². The van der Waals surface area contributed by atoms with Crippen molar-refractivity contribution in [3.05, 3.63) is 77.9 Å². The van der Waals surface area contributed by atoms with Crippen molar-refractivity contribution in [2.45, 2.75) is 11.8 Å². The van der Waals surface area contributed by atoms with Crippen LogP contribution in [-0.2, 0) is 14.8 Å². The summed E-state index contributed by atoms with van der Waals surface area (Å²) >= 11 is 0. The van der Waals surface area contributed by atoms with Crippen LogP contribution in [0.1, 0.15) is 11.1 Å². The molecule has 0 saturated carbocycles. The maximum Gasteiger partial charge on any atom is 0.264 e. The Balaban J connectivity index is 1.83. The van der Waals surface area contributed by atoms with E-state index in [1.807, 2.05) is 13.0 Å². The minimum atomic E-state index is -4.11. The van der Waals surface area contributed by atoms with Crippen LogP contribution in [0.4, 0.5) is 5.69 Å². The first-order chi connectivity index (χ1) is 17.8. The number of ether oxygens (including phenoxy) is 3. The van der Waals surface area contributed by atoms with E-state index in [0.29, 0.717) is 22.8 Å². The van der Waals surface area contributed by atoms with Gasteiger partial charge in [0, 0.05) is 6.07 Å². The fraction of sp³-hybridized carbons (Fsp3) is 0.192. The largest absolute Gasteiger partial charge is 0.493 e. The average molecular weight is 523 g/mol. The highest BCUT2D eigenvalue weighted by Gasteiger charge is 2.28. The van der Waals surface area contributed by atoms with E-state index in [0.717, 1.165) is 9.87 Å². The summed E-state index contributed by atoms with van der Waals surface area (Å²) in [5.74, 6) is 0.590. The molecule has 0 unspecified atom stereocenters. The standard InChI is InChI=1S/C26H26N4O6S/c1-19-4-11-23(12-5-19)37(32,33)30(21-8-13-24(34-2)25(16-21)35-3)18-26(31)29-28-17-20-6-9-22(10-7-20)36-15-14-27/h4-13,16-17H,15,18H2,1-3H3,(H,29,31)/b28-17-. The molecule has 3 rings (SSSR count). The predicted octanol–water partition coefficient (Wildman–Crippen LogP) is 3.26. The van der Waals surface area contributed by atoms with Crippen LogP contribution in [0.2, 0.25) is 0 Å². The molecule has 37 heavy (non-hydrogen) atoms. The lowest BCUT2D eigenvalue weighted by atomic mass is 10.2. The van der Waals surface area contributed by atoms with Crippen molar-refractivity contribution in [3.8, 4) is 23.3 Å². The topological polar surface area (TPSA) is 130 Å². The number of hydrogen-bond donors (Lipinski definition) is 1. The van der Waals surface area contributed by atoms with E-state index in [1.165, 1.54) is 44.7 Å². The Kier molecular flexibility index (Phi) is 9.07. The molecular formula is C26H26N4O6S. The third-order valence-electron chi connectivity index (χ3n) is 5.14. The third kappa shape index (κ3) is 6.99. The van der Waals surface area contributed by atoms with Crippen LogP contribution < -0.4 is 23.9 Å². The Bertz CT molecular complexity index is 1400. The van der Waals surface area contributed by atoms with Crippen molar-refractivity contribution in [1.82, 2.24) is 5.43 Å². The Hall–Kier alpha value is -4.56. The monoisotopic (exact) mass is 522 g/mol. The molecule has 0 bridgehead atoms. The second-order valence-corrected chi connectivity index (χ2v) is 9.54. The first kappa shape index (κ1) is 27.0. The van der Waals surface area contributed by atoms with E-state index in [-0.39, 0.29) is 17.2 Å². The lowest BCUT2D eigenvalue weighted by Gasteiger charge is -2.24. The van der Waals surface area contributed by atoms with Gasteiger partial charge in [0.25, 0.3) is 15.9 Å².